The van der Waals surface area contributed by atoms with E-state index in [1.165, 1.54) is 12.7 Å². The van der Waals surface area contributed by atoms with Gasteiger partial charge in [-0.1, -0.05) is 0 Å². The van der Waals surface area contributed by atoms with Gasteiger partial charge in [0.1, 0.15) is 18.4 Å². The summed E-state index contributed by atoms with van der Waals surface area (Å²) in [6.45, 7) is -0.126. The number of fused-ring (bicyclic) bond motifs is 4. The van der Waals surface area contributed by atoms with E-state index >= 15 is 0 Å². The fourth-order valence-corrected chi connectivity index (χ4v) is 2.76. The van der Waals surface area contributed by atoms with Crippen molar-refractivity contribution in [2.75, 3.05) is 0 Å². The molecule has 21 heavy (non-hydrogen) atoms. The Balaban J connectivity index is 1.88. The molecule has 0 atom stereocenters. The van der Waals surface area contributed by atoms with Crippen molar-refractivity contribution in [3.63, 3.8) is 0 Å². The van der Waals surface area contributed by atoms with Gasteiger partial charge >= 0.3 is 0 Å². The van der Waals surface area contributed by atoms with Crippen LogP contribution < -0.4 is 25.9 Å². The first-order valence-electron chi connectivity index (χ1n) is 6.36. The summed E-state index contributed by atoms with van der Waals surface area (Å²) in [7, 11) is 0. The van der Waals surface area contributed by atoms with Gasteiger partial charge < -0.3 is 9.47 Å². The van der Waals surface area contributed by atoms with Crippen LogP contribution in [0.2, 0.25) is 0 Å². The molecule has 0 N–H and O–H groups in total. The van der Waals surface area contributed by atoms with Crippen LogP contribution in [-0.2, 0) is 0 Å². The SMILES string of the molecule is c1cc2c(cn1)B1c3cncnc3Oc3ncnc(c31)O2. The van der Waals surface area contributed by atoms with E-state index in [0.29, 0.717) is 17.6 Å². The molecule has 7 nitrogen and oxygen atoms in total. The molecule has 0 radical (unpaired) electrons. The van der Waals surface area contributed by atoms with Crippen molar-refractivity contribution >= 4 is 23.1 Å². The van der Waals surface area contributed by atoms with Crippen molar-refractivity contribution < 1.29 is 9.47 Å². The van der Waals surface area contributed by atoms with Crippen LogP contribution in [0.25, 0.3) is 0 Å². The molecule has 2 aliphatic heterocycles. The Hall–Kier alpha value is -3.03. The average molecular weight is 275 g/mol. The van der Waals surface area contributed by atoms with E-state index in [9.17, 15) is 0 Å². The van der Waals surface area contributed by atoms with Gasteiger partial charge in [0.05, 0.1) is 5.46 Å². The smallest absolute Gasteiger partial charge is 0.271 e. The van der Waals surface area contributed by atoms with E-state index in [0.717, 1.165) is 22.1 Å². The van der Waals surface area contributed by atoms with Gasteiger partial charge in [-0.25, -0.2) is 19.9 Å². The third kappa shape index (κ3) is 1.36. The van der Waals surface area contributed by atoms with Crippen LogP contribution in [0, 0.1) is 0 Å². The normalized spacial score (nSPS) is 13.4. The van der Waals surface area contributed by atoms with Crippen molar-refractivity contribution in [3.8, 4) is 23.4 Å². The highest BCUT2D eigenvalue weighted by atomic mass is 16.5. The maximum absolute atomic E-state index is 5.83. The summed E-state index contributed by atoms with van der Waals surface area (Å²) in [5.41, 5.74) is 2.58. The Morgan fingerprint density at radius 2 is 1.62 bits per heavy atom. The number of hydrogen-bond donors (Lipinski definition) is 0. The molecule has 0 aromatic carbocycles. The van der Waals surface area contributed by atoms with Gasteiger partial charge in [0.15, 0.2) is 0 Å². The zero-order valence-electron chi connectivity index (χ0n) is 10.6. The monoisotopic (exact) mass is 275 g/mol. The number of aromatic nitrogens is 5. The molecule has 0 saturated heterocycles. The van der Waals surface area contributed by atoms with Crippen LogP contribution >= 0.6 is 0 Å². The molecule has 2 aliphatic rings. The van der Waals surface area contributed by atoms with Crippen molar-refractivity contribution in [3.05, 3.63) is 37.3 Å². The maximum atomic E-state index is 5.83. The van der Waals surface area contributed by atoms with E-state index < -0.39 is 0 Å². The Morgan fingerprint density at radius 3 is 2.57 bits per heavy atom. The van der Waals surface area contributed by atoms with Crippen LogP contribution in [0.1, 0.15) is 0 Å². The van der Waals surface area contributed by atoms with Gasteiger partial charge in [0, 0.05) is 24.1 Å². The lowest BCUT2D eigenvalue weighted by Crippen LogP contribution is -2.58. The molecule has 3 aromatic rings. The highest BCUT2D eigenvalue weighted by Gasteiger charge is 2.42. The molecular weight excluding hydrogens is 269 g/mol. The van der Waals surface area contributed by atoms with Gasteiger partial charge in [-0.3, -0.25) is 4.98 Å². The summed E-state index contributed by atoms with van der Waals surface area (Å²) in [4.78, 5) is 20.9. The molecule has 0 bridgehead atoms. The molecule has 3 aromatic heterocycles. The third-order valence-electron chi connectivity index (χ3n) is 3.63. The zero-order valence-corrected chi connectivity index (χ0v) is 10.6. The lowest BCUT2D eigenvalue weighted by molar-refractivity contribution is 0.427. The molecule has 5 rings (SSSR count). The molecule has 0 spiro atoms. The summed E-state index contributed by atoms with van der Waals surface area (Å²) < 4.78 is 11.6. The molecule has 0 amide bonds. The number of rotatable bonds is 0. The largest absolute Gasteiger partial charge is 0.440 e. The number of pyridine rings is 1. The van der Waals surface area contributed by atoms with E-state index in [2.05, 4.69) is 24.9 Å². The van der Waals surface area contributed by atoms with E-state index in [4.69, 9.17) is 9.47 Å². The zero-order chi connectivity index (χ0) is 13.8. The second-order valence-electron chi connectivity index (χ2n) is 4.73. The maximum Gasteiger partial charge on any atom is 0.271 e. The highest BCUT2D eigenvalue weighted by molar-refractivity contribution is 6.98. The second kappa shape index (κ2) is 3.75. The van der Waals surface area contributed by atoms with Gasteiger partial charge in [-0.2, -0.15) is 0 Å². The molecule has 5 heterocycles. The quantitative estimate of drug-likeness (QED) is 0.348. The first-order valence-corrected chi connectivity index (χ1v) is 6.36. The van der Waals surface area contributed by atoms with Crippen molar-refractivity contribution in [1.82, 2.24) is 24.9 Å². The first kappa shape index (κ1) is 10.7. The third-order valence-corrected chi connectivity index (χ3v) is 3.63. The van der Waals surface area contributed by atoms with Crippen LogP contribution in [0.5, 0.6) is 23.4 Å². The molecule has 98 valence electrons. The van der Waals surface area contributed by atoms with E-state index in [1.54, 1.807) is 18.6 Å². The van der Waals surface area contributed by atoms with E-state index in [1.807, 2.05) is 6.07 Å². The van der Waals surface area contributed by atoms with E-state index in [-0.39, 0.29) is 6.71 Å². The van der Waals surface area contributed by atoms with Gasteiger partial charge in [0.2, 0.25) is 17.6 Å². The molecule has 0 fully saturated rings. The Kier molecular flexibility index (Phi) is 1.92. The molecule has 0 aliphatic carbocycles. The summed E-state index contributed by atoms with van der Waals surface area (Å²) >= 11 is 0. The Labute approximate surface area is 119 Å². The topological polar surface area (TPSA) is 82.9 Å². The summed E-state index contributed by atoms with van der Waals surface area (Å²) in [6, 6.07) is 1.82. The Morgan fingerprint density at radius 1 is 0.810 bits per heavy atom. The minimum absolute atomic E-state index is 0.126. The minimum atomic E-state index is -0.126. The predicted octanol–water partition coefficient (Wildman–Crippen LogP) is -0.611. The van der Waals surface area contributed by atoms with Crippen LogP contribution in [0.4, 0.5) is 0 Å². The average Bonchev–Trinajstić information content (AvgIpc) is 2.54. The lowest BCUT2D eigenvalue weighted by Gasteiger charge is -2.29. The van der Waals surface area contributed by atoms with Crippen LogP contribution in [0.15, 0.2) is 37.3 Å². The first-order chi connectivity index (χ1) is 10.4. The standard InChI is InChI=1S/C13H6BN5O2/c1-2-15-3-7-9(1)20-12-10-13(19-6-18-12)21-11-8(14(7)10)4-16-5-17-11/h1-6H. The number of ether oxygens (including phenoxy) is 2. The highest BCUT2D eigenvalue weighted by Crippen LogP contribution is 2.29. The fraction of sp³-hybridized carbons (Fsp3) is 0. The van der Waals surface area contributed by atoms with Gasteiger partial charge in [0.25, 0.3) is 6.71 Å². The Bertz CT molecular complexity index is 820. The van der Waals surface area contributed by atoms with Crippen molar-refractivity contribution in [1.29, 1.82) is 0 Å². The molecule has 8 heteroatoms. The number of hydrogen-bond acceptors (Lipinski definition) is 7. The minimum Gasteiger partial charge on any atom is -0.440 e. The van der Waals surface area contributed by atoms with Crippen molar-refractivity contribution in [2.45, 2.75) is 0 Å². The van der Waals surface area contributed by atoms with Gasteiger partial charge in [-0.15, -0.1) is 0 Å². The molecule has 0 saturated carbocycles. The summed E-state index contributed by atoms with van der Waals surface area (Å²) in [6.07, 6.45) is 8.09. The predicted molar refractivity (Wildman–Crippen MR) is 73.1 cm³/mol. The fourth-order valence-electron chi connectivity index (χ4n) is 2.76. The summed E-state index contributed by atoms with van der Waals surface area (Å²) in [5, 5.41) is 0. The lowest BCUT2D eigenvalue weighted by atomic mass is 9.36. The van der Waals surface area contributed by atoms with Crippen molar-refractivity contribution in [2.24, 2.45) is 0 Å². The van der Waals surface area contributed by atoms with Crippen LogP contribution in [-0.4, -0.2) is 31.6 Å². The molecule has 0 unspecified atom stereocenters. The second-order valence-corrected chi connectivity index (χ2v) is 4.73. The molecular formula is C13H6BN5O2. The number of nitrogens with zero attached hydrogens (tertiary/aromatic N) is 5. The summed E-state index contributed by atoms with van der Waals surface area (Å²) in [5.74, 6) is 2.19. The van der Waals surface area contributed by atoms with Gasteiger partial charge in [-0.05, 0) is 11.5 Å². The van der Waals surface area contributed by atoms with Crippen LogP contribution in [0.3, 0.4) is 0 Å².